The highest BCUT2D eigenvalue weighted by molar-refractivity contribution is 8.00. The SMILES string of the molecule is Nc1cccc(SC(C(=O)Nc2cc(C(F)(F)F)ccc2Cl)c2ccccc2)c1. The second-order valence-electron chi connectivity index (χ2n) is 6.16. The zero-order chi connectivity index (χ0) is 21.0. The molecule has 3 aromatic carbocycles. The molecule has 0 saturated carbocycles. The number of alkyl halides is 3. The van der Waals surface area contributed by atoms with Gasteiger partial charge in [0.1, 0.15) is 5.25 Å². The van der Waals surface area contributed by atoms with E-state index in [0.29, 0.717) is 11.3 Å². The highest BCUT2D eigenvalue weighted by atomic mass is 35.5. The maximum Gasteiger partial charge on any atom is 0.416 e. The molecule has 1 atom stereocenters. The molecule has 0 heterocycles. The van der Waals surface area contributed by atoms with E-state index >= 15 is 0 Å². The van der Waals surface area contributed by atoms with Crippen molar-refractivity contribution in [1.29, 1.82) is 0 Å². The van der Waals surface area contributed by atoms with Gasteiger partial charge >= 0.3 is 6.18 Å². The maximum atomic E-state index is 13.0. The van der Waals surface area contributed by atoms with E-state index in [9.17, 15) is 18.0 Å². The number of hydrogen-bond donors (Lipinski definition) is 2. The number of rotatable bonds is 5. The molecule has 3 aromatic rings. The van der Waals surface area contributed by atoms with Crippen molar-refractivity contribution in [3.05, 3.63) is 88.9 Å². The number of hydrogen-bond acceptors (Lipinski definition) is 3. The summed E-state index contributed by atoms with van der Waals surface area (Å²) in [6, 6.07) is 18.8. The summed E-state index contributed by atoms with van der Waals surface area (Å²) in [5.41, 5.74) is 6.06. The summed E-state index contributed by atoms with van der Waals surface area (Å²) in [6.45, 7) is 0. The number of nitrogen functional groups attached to an aromatic ring is 1. The van der Waals surface area contributed by atoms with E-state index in [0.717, 1.165) is 23.1 Å². The van der Waals surface area contributed by atoms with Crippen molar-refractivity contribution in [2.45, 2.75) is 16.3 Å². The smallest absolute Gasteiger partial charge is 0.399 e. The Bertz CT molecular complexity index is 1010. The van der Waals surface area contributed by atoms with Gasteiger partial charge in [0, 0.05) is 10.6 Å². The summed E-state index contributed by atoms with van der Waals surface area (Å²) in [5, 5.41) is 1.83. The molecule has 0 saturated heterocycles. The maximum absolute atomic E-state index is 13.0. The number of carbonyl (C=O) groups excluding carboxylic acids is 1. The topological polar surface area (TPSA) is 55.1 Å². The minimum Gasteiger partial charge on any atom is -0.399 e. The largest absolute Gasteiger partial charge is 0.416 e. The lowest BCUT2D eigenvalue weighted by atomic mass is 10.1. The van der Waals surface area contributed by atoms with Gasteiger partial charge in [-0.2, -0.15) is 13.2 Å². The van der Waals surface area contributed by atoms with E-state index in [1.54, 1.807) is 42.5 Å². The molecule has 3 nitrogen and oxygen atoms in total. The predicted octanol–water partition coefficient (Wildman–Crippen LogP) is 6.41. The second-order valence-corrected chi connectivity index (χ2v) is 7.75. The van der Waals surface area contributed by atoms with E-state index < -0.39 is 22.9 Å². The van der Waals surface area contributed by atoms with Crippen molar-refractivity contribution < 1.29 is 18.0 Å². The lowest BCUT2D eigenvalue weighted by Crippen LogP contribution is -2.19. The van der Waals surface area contributed by atoms with Crippen LogP contribution in [-0.2, 0) is 11.0 Å². The first kappa shape index (κ1) is 21.1. The normalized spacial score (nSPS) is 12.4. The molecule has 150 valence electrons. The van der Waals surface area contributed by atoms with Gasteiger partial charge in [0.15, 0.2) is 0 Å². The third kappa shape index (κ3) is 5.46. The number of thioether (sulfide) groups is 1. The average Bonchev–Trinajstić information content (AvgIpc) is 2.67. The fraction of sp³-hybridized carbons (Fsp3) is 0.0952. The first-order valence-electron chi connectivity index (χ1n) is 8.49. The fourth-order valence-electron chi connectivity index (χ4n) is 2.62. The summed E-state index contributed by atoms with van der Waals surface area (Å²) in [7, 11) is 0. The Kier molecular flexibility index (Phi) is 6.39. The summed E-state index contributed by atoms with van der Waals surface area (Å²) in [6.07, 6.45) is -4.54. The number of anilines is 2. The van der Waals surface area contributed by atoms with Crippen molar-refractivity contribution in [3.8, 4) is 0 Å². The van der Waals surface area contributed by atoms with E-state index in [4.69, 9.17) is 17.3 Å². The molecular formula is C21H16ClF3N2OS. The van der Waals surface area contributed by atoms with Gasteiger partial charge in [-0.05, 0) is 42.0 Å². The van der Waals surface area contributed by atoms with Crippen molar-refractivity contribution in [3.63, 3.8) is 0 Å². The lowest BCUT2D eigenvalue weighted by molar-refractivity contribution is -0.137. The van der Waals surface area contributed by atoms with Gasteiger partial charge in [-0.3, -0.25) is 4.79 Å². The third-order valence-electron chi connectivity index (χ3n) is 4.00. The van der Waals surface area contributed by atoms with Crippen LogP contribution in [0.4, 0.5) is 24.5 Å². The van der Waals surface area contributed by atoms with Crippen LogP contribution in [0, 0.1) is 0 Å². The second kappa shape index (κ2) is 8.80. The van der Waals surface area contributed by atoms with Crippen LogP contribution in [0.3, 0.4) is 0 Å². The fourth-order valence-corrected chi connectivity index (χ4v) is 3.88. The van der Waals surface area contributed by atoms with E-state index in [1.165, 1.54) is 11.8 Å². The summed E-state index contributed by atoms with van der Waals surface area (Å²) < 4.78 is 39.0. The van der Waals surface area contributed by atoms with Gasteiger partial charge in [0.05, 0.1) is 16.3 Å². The van der Waals surface area contributed by atoms with Crippen LogP contribution in [0.25, 0.3) is 0 Å². The summed E-state index contributed by atoms with van der Waals surface area (Å²) in [4.78, 5) is 13.8. The van der Waals surface area contributed by atoms with Crippen LogP contribution >= 0.6 is 23.4 Å². The number of benzene rings is 3. The van der Waals surface area contributed by atoms with Crippen LogP contribution in [0.5, 0.6) is 0 Å². The Labute approximate surface area is 175 Å². The van der Waals surface area contributed by atoms with Crippen LogP contribution < -0.4 is 11.1 Å². The summed E-state index contributed by atoms with van der Waals surface area (Å²) >= 11 is 7.26. The Morgan fingerprint density at radius 3 is 2.38 bits per heavy atom. The number of carbonyl (C=O) groups is 1. The molecule has 0 aliphatic heterocycles. The standard InChI is InChI=1S/C21H16ClF3N2OS/c22-17-10-9-14(21(23,24)25)11-18(17)27-20(28)19(13-5-2-1-3-6-13)29-16-8-4-7-15(26)12-16/h1-12,19H,26H2,(H,27,28). The van der Waals surface area contributed by atoms with Gasteiger partial charge in [0.25, 0.3) is 0 Å². The number of halogens is 4. The molecule has 0 aliphatic carbocycles. The zero-order valence-corrected chi connectivity index (χ0v) is 16.5. The number of nitrogens with two attached hydrogens (primary N) is 1. The van der Waals surface area contributed by atoms with Gasteiger partial charge < -0.3 is 11.1 Å². The van der Waals surface area contributed by atoms with Crippen LogP contribution in [0.2, 0.25) is 5.02 Å². The third-order valence-corrected chi connectivity index (χ3v) is 5.58. The van der Waals surface area contributed by atoms with Crippen LogP contribution in [0.15, 0.2) is 77.7 Å². The van der Waals surface area contributed by atoms with Crippen molar-refractivity contribution in [2.75, 3.05) is 11.1 Å². The molecule has 0 fully saturated rings. The van der Waals surface area contributed by atoms with Crippen LogP contribution in [-0.4, -0.2) is 5.91 Å². The van der Waals surface area contributed by atoms with Crippen molar-refractivity contribution in [2.24, 2.45) is 0 Å². The predicted molar refractivity (Wildman–Crippen MR) is 111 cm³/mol. The first-order valence-corrected chi connectivity index (χ1v) is 9.74. The van der Waals surface area contributed by atoms with E-state index in [2.05, 4.69) is 5.32 Å². The van der Waals surface area contributed by atoms with Gasteiger partial charge in [-0.1, -0.05) is 48.0 Å². The number of amides is 1. The zero-order valence-electron chi connectivity index (χ0n) is 14.9. The van der Waals surface area contributed by atoms with Crippen molar-refractivity contribution in [1.82, 2.24) is 0 Å². The minimum absolute atomic E-state index is 0.0205. The van der Waals surface area contributed by atoms with Crippen molar-refractivity contribution >= 4 is 40.6 Å². The lowest BCUT2D eigenvalue weighted by Gasteiger charge is -2.18. The summed E-state index contributed by atoms with van der Waals surface area (Å²) in [5.74, 6) is -0.496. The quantitative estimate of drug-likeness (QED) is 0.358. The minimum atomic E-state index is -4.54. The monoisotopic (exact) mass is 436 g/mol. The van der Waals surface area contributed by atoms with Gasteiger partial charge in [0.2, 0.25) is 5.91 Å². The molecule has 1 unspecified atom stereocenters. The Hall–Kier alpha value is -2.64. The van der Waals surface area contributed by atoms with Gasteiger partial charge in [-0.25, -0.2) is 0 Å². The number of nitrogens with one attached hydrogen (secondary N) is 1. The highest BCUT2D eigenvalue weighted by Gasteiger charge is 2.31. The molecule has 0 bridgehead atoms. The Morgan fingerprint density at radius 1 is 1.00 bits per heavy atom. The molecule has 3 rings (SSSR count). The Balaban J connectivity index is 1.91. The molecule has 29 heavy (non-hydrogen) atoms. The van der Waals surface area contributed by atoms with Gasteiger partial charge in [-0.15, -0.1) is 11.8 Å². The molecule has 0 spiro atoms. The van der Waals surface area contributed by atoms with E-state index in [-0.39, 0.29) is 10.7 Å². The molecule has 0 aromatic heterocycles. The molecule has 0 aliphatic rings. The molecule has 8 heteroatoms. The molecule has 0 radical (unpaired) electrons. The molecule has 1 amide bonds. The van der Waals surface area contributed by atoms with Crippen LogP contribution in [0.1, 0.15) is 16.4 Å². The van der Waals surface area contributed by atoms with E-state index in [1.807, 2.05) is 12.1 Å². The Morgan fingerprint density at radius 2 is 1.72 bits per heavy atom. The molecule has 3 N–H and O–H groups in total. The molecular weight excluding hydrogens is 421 g/mol. The highest BCUT2D eigenvalue weighted by Crippen LogP contribution is 2.38. The first-order chi connectivity index (χ1) is 13.7. The average molecular weight is 437 g/mol.